The van der Waals surface area contributed by atoms with Crippen molar-refractivity contribution in [1.29, 1.82) is 0 Å². The van der Waals surface area contributed by atoms with E-state index in [9.17, 15) is 0 Å². The summed E-state index contributed by atoms with van der Waals surface area (Å²) in [5.41, 5.74) is 0. The molecule has 0 spiro atoms. The lowest BCUT2D eigenvalue weighted by atomic mass is 9.90. The van der Waals surface area contributed by atoms with Gasteiger partial charge in [-0.25, -0.2) is 0 Å². The third kappa shape index (κ3) is 2.73. The van der Waals surface area contributed by atoms with Crippen LogP contribution in [0.15, 0.2) is 0 Å². The molecule has 0 aliphatic carbocycles. The molecule has 1 heterocycles. The van der Waals surface area contributed by atoms with E-state index in [1.54, 1.807) is 0 Å². The zero-order chi connectivity index (χ0) is 8.97. The lowest BCUT2D eigenvalue weighted by Gasteiger charge is -2.32. The molecule has 3 heteroatoms. The van der Waals surface area contributed by atoms with Gasteiger partial charge in [-0.3, -0.25) is 0 Å². The van der Waals surface area contributed by atoms with E-state index in [1.807, 2.05) is 6.92 Å². The Morgan fingerprint density at radius 3 is 2.67 bits per heavy atom. The van der Waals surface area contributed by atoms with Crippen LogP contribution in [-0.4, -0.2) is 35.6 Å². The second kappa shape index (κ2) is 4.80. The van der Waals surface area contributed by atoms with Crippen LogP contribution < -0.4 is 0 Å². The van der Waals surface area contributed by atoms with E-state index in [2.05, 4.69) is 0 Å². The summed E-state index contributed by atoms with van der Waals surface area (Å²) in [5.74, 6) is 0.524. The van der Waals surface area contributed by atoms with Crippen LogP contribution in [0.3, 0.4) is 0 Å². The molecule has 0 bridgehead atoms. The zero-order valence-corrected chi connectivity index (χ0v) is 7.57. The van der Waals surface area contributed by atoms with Gasteiger partial charge in [0.25, 0.3) is 0 Å². The Labute approximate surface area is 73.4 Å². The highest BCUT2D eigenvalue weighted by molar-refractivity contribution is 4.74. The first kappa shape index (κ1) is 9.96. The maximum atomic E-state index is 8.91. The highest BCUT2D eigenvalue weighted by Crippen LogP contribution is 2.26. The Morgan fingerprint density at radius 2 is 2.08 bits per heavy atom. The predicted molar refractivity (Wildman–Crippen MR) is 45.8 cm³/mol. The highest BCUT2D eigenvalue weighted by atomic mass is 16.5. The summed E-state index contributed by atoms with van der Waals surface area (Å²) in [6, 6.07) is 0. The fourth-order valence-corrected chi connectivity index (χ4v) is 1.91. The second-order valence-electron chi connectivity index (χ2n) is 3.60. The molecule has 1 saturated heterocycles. The average molecular weight is 174 g/mol. The van der Waals surface area contributed by atoms with Crippen molar-refractivity contribution in [3.05, 3.63) is 0 Å². The smallest absolute Gasteiger partial charge is 0.0812 e. The second-order valence-corrected chi connectivity index (χ2v) is 3.60. The van der Waals surface area contributed by atoms with Crippen LogP contribution in [0.2, 0.25) is 0 Å². The van der Waals surface area contributed by atoms with E-state index in [-0.39, 0.29) is 25.4 Å². The van der Waals surface area contributed by atoms with E-state index < -0.39 is 0 Å². The minimum absolute atomic E-state index is 0.00898. The highest BCUT2D eigenvalue weighted by Gasteiger charge is 2.25. The molecule has 0 aromatic heterocycles. The Kier molecular flexibility index (Phi) is 3.98. The van der Waals surface area contributed by atoms with Crippen LogP contribution >= 0.6 is 0 Å². The number of ether oxygens (including phenoxy) is 1. The van der Waals surface area contributed by atoms with E-state index in [1.165, 1.54) is 0 Å². The molecule has 2 unspecified atom stereocenters. The lowest BCUT2D eigenvalue weighted by molar-refractivity contribution is -0.0852. The van der Waals surface area contributed by atoms with Crippen molar-refractivity contribution in [3.63, 3.8) is 0 Å². The Balaban J connectivity index is 2.34. The summed E-state index contributed by atoms with van der Waals surface area (Å²) in [6.45, 7) is 2.37. The van der Waals surface area contributed by atoms with Gasteiger partial charge in [0, 0.05) is 6.61 Å². The van der Waals surface area contributed by atoms with Gasteiger partial charge in [0.05, 0.1) is 18.8 Å². The van der Waals surface area contributed by atoms with Gasteiger partial charge in [0.1, 0.15) is 0 Å². The topological polar surface area (TPSA) is 49.7 Å². The van der Waals surface area contributed by atoms with Crippen molar-refractivity contribution >= 4 is 0 Å². The Morgan fingerprint density at radius 1 is 1.33 bits per heavy atom. The van der Waals surface area contributed by atoms with Gasteiger partial charge in [-0.05, 0) is 32.1 Å². The largest absolute Gasteiger partial charge is 0.396 e. The summed E-state index contributed by atoms with van der Waals surface area (Å²) in [7, 11) is 0. The maximum absolute atomic E-state index is 8.91. The molecule has 1 fully saturated rings. The van der Waals surface area contributed by atoms with Crippen molar-refractivity contribution in [2.45, 2.75) is 38.4 Å². The number of hydrogen-bond acceptors (Lipinski definition) is 3. The molecule has 1 rings (SSSR count). The number of rotatable bonds is 3. The molecule has 72 valence electrons. The molecular weight excluding hydrogens is 156 g/mol. The third-order valence-corrected chi connectivity index (χ3v) is 2.43. The molecular formula is C9H18O3. The first-order valence-corrected chi connectivity index (χ1v) is 4.63. The van der Waals surface area contributed by atoms with Crippen molar-refractivity contribution < 1.29 is 14.9 Å². The molecule has 0 aromatic carbocycles. The molecule has 1 aliphatic heterocycles. The number of hydrogen-bond donors (Lipinski definition) is 2. The van der Waals surface area contributed by atoms with Crippen LogP contribution in [0.25, 0.3) is 0 Å². The molecule has 0 saturated carbocycles. The van der Waals surface area contributed by atoms with Gasteiger partial charge in [-0.15, -0.1) is 0 Å². The lowest BCUT2D eigenvalue weighted by Crippen LogP contribution is -2.33. The van der Waals surface area contributed by atoms with E-state index in [4.69, 9.17) is 14.9 Å². The van der Waals surface area contributed by atoms with Crippen LogP contribution in [0.4, 0.5) is 0 Å². The molecule has 1 aliphatic rings. The van der Waals surface area contributed by atoms with Crippen molar-refractivity contribution in [2.24, 2.45) is 5.92 Å². The molecule has 0 amide bonds. The summed E-state index contributed by atoms with van der Waals surface area (Å²) < 4.78 is 5.48. The fraction of sp³-hybridized carbons (Fsp3) is 1.00. The zero-order valence-electron chi connectivity index (χ0n) is 7.57. The van der Waals surface area contributed by atoms with Gasteiger partial charge < -0.3 is 14.9 Å². The van der Waals surface area contributed by atoms with Gasteiger partial charge in [0.2, 0.25) is 0 Å². The SMILES string of the molecule is C[C@H]1CC(CCO)CC(CO)O1. The van der Waals surface area contributed by atoms with Gasteiger partial charge >= 0.3 is 0 Å². The molecule has 2 N–H and O–H groups in total. The summed E-state index contributed by atoms with van der Waals surface area (Å²) >= 11 is 0. The third-order valence-electron chi connectivity index (χ3n) is 2.43. The molecule has 0 radical (unpaired) electrons. The van der Waals surface area contributed by atoms with Crippen molar-refractivity contribution in [2.75, 3.05) is 13.2 Å². The van der Waals surface area contributed by atoms with Gasteiger partial charge in [-0.2, -0.15) is 0 Å². The van der Waals surface area contributed by atoms with Crippen LogP contribution in [-0.2, 0) is 4.74 Å². The maximum Gasteiger partial charge on any atom is 0.0812 e. The van der Waals surface area contributed by atoms with E-state index in [0.717, 1.165) is 19.3 Å². The number of aliphatic hydroxyl groups is 2. The summed E-state index contributed by atoms with van der Waals surface area (Å²) in [4.78, 5) is 0. The van der Waals surface area contributed by atoms with Crippen molar-refractivity contribution in [1.82, 2.24) is 0 Å². The molecule has 0 aromatic rings. The molecule has 3 atom stereocenters. The monoisotopic (exact) mass is 174 g/mol. The summed E-state index contributed by atoms with van der Waals surface area (Å²) in [5, 5.41) is 17.7. The van der Waals surface area contributed by atoms with Gasteiger partial charge in [-0.1, -0.05) is 0 Å². The van der Waals surface area contributed by atoms with Crippen LogP contribution in [0.1, 0.15) is 26.2 Å². The first-order valence-electron chi connectivity index (χ1n) is 4.63. The molecule has 3 nitrogen and oxygen atoms in total. The fourth-order valence-electron chi connectivity index (χ4n) is 1.91. The van der Waals surface area contributed by atoms with Crippen LogP contribution in [0, 0.1) is 5.92 Å². The Hall–Kier alpha value is -0.120. The van der Waals surface area contributed by atoms with Crippen LogP contribution in [0.5, 0.6) is 0 Å². The van der Waals surface area contributed by atoms with E-state index >= 15 is 0 Å². The minimum atomic E-state index is -0.00898. The standard InChI is InChI=1S/C9H18O3/c1-7-4-8(2-3-10)5-9(6-11)12-7/h7-11H,2-6H2,1H3/t7-,8?,9?/m0/s1. The summed E-state index contributed by atoms with van der Waals surface area (Å²) in [6.07, 6.45) is 2.96. The van der Waals surface area contributed by atoms with Gasteiger partial charge in [0.15, 0.2) is 0 Å². The average Bonchev–Trinajstić information content (AvgIpc) is 2.04. The van der Waals surface area contributed by atoms with E-state index in [0.29, 0.717) is 5.92 Å². The Bertz CT molecular complexity index is 127. The molecule has 12 heavy (non-hydrogen) atoms. The number of aliphatic hydroxyl groups excluding tert-OH is 2. The predicted octanol–water partition coefficient (Wildman–Crippen LogP) is 0.545. The minimum Gasteiger partial charge on any atom is -0.396 e. The first-order chi connectivity index (χ1) is 5.76. The normalized spacial score (nSPS) is 36.8. The van der Waals surface area contributed by atoms with Crippen molar-refractivity contribution in [3.8, 4) is 0 Å². The quantitative estimate of drug-likeness (QED) is 0.656.